The number of anilines is 3. The van der Waals surface area contributed by atoms with Crippen LogP contribution in [0.25, 0.3) is 0 Å². The maximum atomic E-state index is 12.8. The third-order valence-corrected chi connectivity index (χ3v) is 6.48. The van der Waals surface area contributed by atoms with E-state index in [-0.39, 0.29) is 16.9 Å². The number of benzene rings is 3. The third kappa shape index (κ3) is 7.33. The SMILES string of the molecule is CCC(Sc1cccc(NC(=S)Nc2ccc(C(C)=O)cc2)c1)C(=O)Nc1cccc(OC)c1. The van der Waals surface area contributed by atoms with E-state index >= 15 is 0 Å². The summed E-state index contributed by atoms with van der Waals surface area (Å²) in [5.74, 6) is 0.645. The van der Waals surface area contributed by atoms with Crippen molar-refractivity contribution < 1.29 is 14.3 Å². The van der Waals surface area contributed by atoms with Gasteiger partial charge in [-0.05, 0) is 80.2 Å². The van der Waals surface area contributed by atoms with Crippen LogP contribution in [-0.2, 0) is 4.79 Å². The minimum Gasteiger partial charge on any atom is -0.497 e. The lowest BCUT2D eigenvalue weighted by molar-refractivity contribution is -0.115. The molecular formula is C26H27N3O3S2. The maximum absolute atomic E-state index is 12.8. The van der Waals surface area contributed by atoms with E-state index in [0.717, 1.165) is 16.3 Å². The highest BCUT2D eigenvalue weighted by atomic mass is 32.2. The number of hydrogen-bond donors (Lipinski definition) is 3. The highest BCUT2D eigenvalue weighted by molar-refractivity contribution is 8.00. The molecule has 176 valence electrons. The number of ketones is 1. The number of nitrogens with one attached hydrogen (secondary N) is 3. The molecule has 8 heteroatoms. The molecule has 3 N–H and O–H groups in total. The Kier molecular flexibility index (Phi) is 9.07. The molecule has 0 radical (unpaired) electrons. The number of carbonyl (C=O) groups excluding carboxylic acids is 2. The number of amides is 1. The van der Waals surface area contributed by atoms with Crippen LogP contribution in [0.5, 0.6) is 5.75 Å². The Labute approximate surface area is 209 Å². The largest absolute Gasteiger partial charge is 0.497 e. The third-order valence-electron chi connectivity index (χ3n) is 4.92. The second-order valence-electron chi connectivity index (χ2n) is 7.48. The van der Waals surface area contributed by atoms with E-state index < -0.39 is 0 Å². The molecule has 0 aromatic heterocycles. The van der Waals surface area contributed by atoms with Gasteiger partial charge >= 0.3 is 0 Å². The molecule has 0 aliphatic rings. The van der Waals surface area contributed by atoms with E-state index in [9.17, 15) is 9.59 Å². The molecule has 6 nitrogen and oxygen atoms in total. The Morgan fingerprint density at radius 3 is 2.21 bits per heavy atom. The Morgan fingerprint density at radius 2 is 1.56 bits per heavy atom. The molecule has 3 aromatic rings. The molecule has 1 unspecified atom stereocenters. The van der Waals surface area contributed by atoms with Crippen LogP contribution in [0.2, 0.25) is 0 Å². The summed E-state index contributed by atoms with van der Waals surface area (Å²) in [7, 11) is 1.60. The van der Waals surface area contributed by atoms with Crippen molar-refractivity contribution in [3.63, 3.8) is 0 Å². The highest BCUT2D eigenvalue weighted by Crippen LogP contribution is 2.29. The highest BCUT2D eigenvalue weighted by Gasteiger charge is 2.18. The van der Waals surface area contributed by atoms with Crippen molar-refractivity contribution in [1.82, 2.24) is 0 Å². The number of ether oxygens (including phenoxy) is 1. The van der Waals surface area contributed by atoms with Gasteiger partial charge in [-0.2, -0.15) is 0 Å². The van der Waals surface area contributed by atoms with Gasteiger partial charge in [0, 0.05) is 33.6 Å². The predicted molar refractivity (Wildman–Crippen MR) is 144 cm³/mol. The first-order chi connectivity index (χ1) is 16.4. The van der Waals surface area contributed by atoms with Crippen LogP contribution < -0.4 is 20.7 Å². The first-order valence-corrected chi connectivity index (χ1v) is 12.1. The molecule has 0 bridgehead atoms. The summed E-state index contributed by atoms with van der Waals surface area (Å²) in [5.41, 5.74) is 2.95. The average Bonchev–Trinajstić information content (AvgIpc) is 2.83. The number of thiocarbonyl (C=S) groups is 1. The monoisotopic (exact) mass is 493 g/mol. The normalized spacial score (nSPS) is 11.3. The summed E-state index contributed by atoms with van der Waals surface area (Å²) in [4.78, 5) is 25.2. The van der Waals surface area contributed by atoms with Gasteiger partial charge in [0.2, 0.25) is 5.91 Å². The number of thioether (sulfide) groups is 1. The summed E-state index contributed by atoms with van der Waals surface area (Å²) < 4.78 is 5.22. The van der Waals surface area contributed by atoms with Crippen LogP contribution >= 0.6 is 24.0 Å². The van der Waals surface area contributed by atoms with Gasteiger partial charge < -0.3 is 20.7 Å². The zero-order chi connectivity index (χ0) is 24.5. The molecule has 0 heterocycles. The second kappa shape index (κ2) is 12.2. The number of Topliss-reactive ketones (excluding diaryl/α,β-unsaturated/α-hetero) is 1. The van der Waals surface area contributed by atoms with Crippen molar-refractivity contribution in [3.8, 4) is 5.75 Å². The summed E-state index contributed by atoms with van der Waals surface area (Å²) in [6.07, 6.45) is 0.675. The molecule has 0 aliphatic carbocycles. The minimum atomic E-state index is -0.258. The van der Waals surface area contributed by atoms with E-state index in [4.69, 9.17) is 17.0 Å². The van der Waals surface area contributed by atoms with E-state index in [1.54, 1.807) is 25.3 Å². The first-order valence-electron chi connectivity index (χ1n) is 10.8. The molecule has 0 fully saturated rings. The summed E-state index contributed by atoms with van der Waals surface area (Å²) in [6.45, 7) is 3.52. The van der Waals surface area contributed by atoms with Crippen molar-refractivity contribution in [2.45, 2.75) is 30.4 Å². The van der Waals surface area contributed by atoms with Gasteiger partial charge in [-0.1, -0.05) is 19.1 Å². The molecule has 1 atom stereocenters. The maximum Gasteiger partial charge on any atom is 0.237 e. The topological polar surface area (TPSA) is 79.5 Å². The number of carbonyl (C=O) groups is 2. The van der Waals surface area contributed by atoms with Gasteiger partial charge in [-0.25, -0.2) is 0 Å². The van der Waals surface area contributed by atoms with Crippen molar-refractivity contribution in [2.24, 2.45) is 0 Å². The summed E-state index contributed by atoms with van der Waals surface area (Å²) >= 11 is 6.92. The Balaban J connectivity index is 1.60. The number of methoxy groups -OCH3 is 1. The molecular weight excluding hydrogens is 466 g/mol. The minimum absolute atomic E-state index is 0.0177. The second-order valence-corrected chi connectivity index (χ2v) is 9.16. The van der Waals surface area contributed by atoms with Gasteiger partial charge in [0.25, 0.3) is 0 Å². The van der Waals surface area contributed by atoms with Crippen LogP contribution in [0, 0.1) is 0 Å². The van der Waals surface area contributed by atoms with E-state index in [1.165, 1.54) is 18.7 Å². The molecule has 0 saturated heterocycles. The van der Waals surface area contributed by atoms with Crippen LogP contribution in [0.3, 0.4) is 0 Å². The fraction of sp³-hybridized carbons (Fsp3) is 0.192. The fourth-order valence-corrected chi connectivity index (χ4v) is 4.39. The lowest BCUT2D eigenvalue weighted by Crippen LogP contribution is -2.24. The fourth-order valence-electron chi connectivity index (χ4n) is 3.14. The van der Waals surface area contributed by atoms with Gasteiger partial charge in [-0.15, -0.1) is 11.8 Å². The molecule has 0 spiro atoms. The van der Waals surface area contributed by atoms with Crippen molar-refractivity contribution >= 4 is 57.8 Å². The molecule has 0 aliphatic heterocycles. The molecule has 3 rings (SSSR count). The zero-order valence-corrected chi connectivity index (χ0v) is 20.9. The van der Waals surface area contributed by atoms with Gasteiger partial charge in [0.15, 0.2) is 10.9 Å². The molecule has 34 heavy (non-hydrogen) atoms. The quantitative estimate of drug-likeness (QED) is 0.186. The lowest BCUT2D eigenvalue weighted by atomic mass is 10.1. The number of hydrogen-bond acceptors (Lipinski definition) is 5. The first kappa shape index (κ1) is 25.3. The Hall–Kier alpha value is -3.36. The van der Waals surface area contributed by atoms with Crippen molar-refractivity contribution in [3.05, 3.63) is 78.4 Å². The average molecular weight is 494 g/mol. The molecule has 0 saturated carbocycles. The Morgan fingerprint density at radius 1 is 0.912 bits per heavy atom. The van der Waals surface area contributed by atoms with E-state index in [1.807, 2.05) is 61.5 Å². The van der Waals surface area contributed by atoms with Gasteiger partial charge in [0.1, 0.15) is 5.75 Å². The zero-order valence-electron chi connectivity index (χ0n) is 19.3. The molecule has 1 amide bonds. The van der Waals surface area contributed by atoms with E-state index in [0.29, 0.717) is 28.5 Å². The van der Waals surface area contributed by atoms with Gasteiger partial charge in [0.05, 0.1) is 12.4 Å². The van der Waals surface area contributed by atoms with Crippen molar-refractivity contribution in [2.75, 3.05) is 23.1 Å². The van der Waals surface area contributed by atoms with Crippen LogP contribution in [0.15, 0.2) is 77.7 Å². The smallest absolute Gasteiger partial charge is 0.237 e. The summed E-state index contributed by atoms with van der Waals surface area (Å²) in [6, 6.07) is 22.2. The van der Waals surface area contributed by atoms with E-state index in [2.05, 4.69) is 16.0 Å². The van der Waals surface area contributed by atoms with Gasteiger partial charge in [-0.3, -0.25) is 9.59 Å². The Bertz CT molecular complexity index is 1170. The molecule has 3 aromatic carbocycles. The van der Waals surface area contributed by atoms with Crippen molar-refractivity contribution in [1.29, 1.82) is 0 Å². The van der Waals surface area contributed by atoms with Crippen LogP contribution in [0.4, 0.5) is 17.1 Å². The lowest BCUT2D eigenvalue weighted by Gasteiger charge is -2.16. The van der Waals surface area contributed by atoms with Crippen LogP contribution in [0.1, 0.15) is 30.6 Å². The standard InChI is InChI=1S/C26H27N3O3S2/c1-4-24(25(31)27-20-7-5-9-22(15-20)32-3)34-23-10-6-8-21(16-23)29-26(33)28-19-13-11-18(12-14-19)17(2)30/h5-16,24H,4H2,1-3H3,(H,27,31)(H2,28,29,33). The predicted octanol–water partition coefficient (Wildman–Crippen LogP) is 6.22. The number of rotatable bonds is 9. The summed E-state index contributed by atoms with van der Waals surface area (Å²) in [5, 5.41) is 9.42. The van der Waals surface area contributed by atoms with Crippen LogP contribution in [-0.4, -0.2) is 29.2 Å².